The normalized spacial score (nSPS) is 19.3. The number of fused-ring (bicyclic) bond motifs is 2. The zero-order chi connectivity index (χ0) is 23.2. The standard InChI is InChI=1S/C25H20FN3O3S/c1-16-6-4-8-18(12-16)27-22(30)14-28-21-11-3-2-10-20(21)25(24(28)32)29(23(31)15-33-25)19-9-5-7-17(26)13-19/h2-13H,14-15H2,1H3,(H,27,30). The number of nitrogens with zero attached hydrogens (tertiary/aromatic N) is 2. The summed E-state index contributed by atoms with van der Waals surface area (Å²) in [5.74, 6) is -1.48. The third kappa shape index (κ3) is 3.47. The Bertz CT molecular complexity index is 1300. The number of rotatable bonds is 4. The van der Waals surface area contributed by atoms with Crippen LogP contribution in [0.4, 0.5) is 21.5 Å². The number of benzene rings is 3. The Morgan fingerprint density at radius 3 is 2.64 bits per heavy atom. The van der Waals surface area contributed by atoms with Gasteiger partial charge in [-0.05, 0) is 48.9 Å². The fraction of sp³-hybridized carbons (Fsp3) is 0.160. The van der Waals surface area contributed by atoms with Crippen molar-refractivity contribution in [3.05, 3.63) is 89.7 Å². The Balaban J connectivity index is 1.52. The fourth-order valence-corrected chi connectivity index (χ4v) is 5.75. The van der Waals surface area contributed by atoms with Gasteiger partial charge in [0.05, 0.1) is 11.4 Å². The van der Waals surface area contributed by atoms with Gasteiger partial charge in [0.15, 0.2) is 0 Å². The SMILES string of the molecule is Cc1cccc(NC(=O)CN2C(=O)C3(SCC(=O)N3c3cccc(F)c3)c3ccccc32)c1. The number of halogens is 1. The van der Waals surface area contributed by atoms with Gasteiger partial charge in [-0.25, -0.2) is 4.39 Å². The van der Waals surface area contributed by atoms with Crippen LogP contribution in [0.15, 0.2) is 72.8 Å². The van der Waals surface area contributed by atoms with E-state index in [9.17, 15) is 18.8 Å². The minimum absolute atomic E-state index is 0.0694. The molecule has 1 saturated heterocycles. The number of anilines is 3. The highest BCUT2D eigenvalue weighted by molar-refractivity contribution is 8.02. The molecule has 1 N–H and O–H groups in total. The van der Waals surface area contributed by atoms with Crippen LogP contribution in [0.2, 0.25) is 0 Å². The van der Waals surface area contributed by atoms with E-state index in [1.54, 1.807) is 36.4 Å². The van der Waals surface area contributed by atoms with Crippen molar-refractivity contribution in [2.75, 3.05) is 27.4 Å². The highest BCUT2D eigenvalue weighted by atomic mass is 32.2. The monoisotopic (exact) mass is 461 g/mol. The molecule has 0 saturated carbocycles. The molecule has 2 heterocycles. The van der Waals surface area contributed by atoms with Crippen LogP contribution in [-0.2, 0) is 19.3 Å². The largest absolute Gasteiger partial charge is 0.325 e. The Morgan fingerprint density at radius 1 is 1.06 bits per heavy atom. The number of carbonyl (C=O) groups is 3. The van der Waals surface area contributed by atoms with Crippen LogP contribution in [0.25, 0.3) is 0 Å². The number of aryl methyl sites for hydroxylation is 1. The molecule has 5 rings (SSSR count). The Kier molecular flexibility index (Phi) is 5.17. The number of hydrogen-bond acceptors (Lipinski definition) is 4. The first-order valence-corrected chi connectivity index (χ1v) is 11.4. The molecule has 0 bridgehead atoms. The second-order valence-electron chi connectivity index (χ2n) is 7.97. The number of para-hydroxylation sites is 1. The van der Waals surface area contributed by atoms with E-state index >= 15 is 0 Å². The molecule has 6 nitrogen and oxygen atoms in total. The van der Waals surface area contributed by atoms with E-state index in [-0.39, 0.29) is 24.1 Å². The number of thioether (sulfide) groups is 1. The molecule has 2 aliphatic heterocycles. The van der Waals surface area contributed by atoms with Gasteiger partial charge in [0.1, 0.15) is 12.4 Å². The summed E-state index contributed by atoms with van der Waals surface area (Å²) < 4.78 is 14.0. The van der Waals surface area contributed by atoms with E-state index in [2.05, 4.69) is 5.32 Å². The summed E-state index contributed by atoms with van der Waals surface area (Å²) in [4.78, 5) is 41.1. The van der Waals surface area contributed by atoms with Gasteiger partial charge < -0.3 is 5.32 Å². The predicted molar refractivity (Wildman–Crippen MR) is 127 cm³/mol. The van der Waals surface area contributed by atoms with E-state index in [0.717, 1.165) is 5.56 Å². The van der Waals surface area contributed by atoms with Crippen molar-refractivity contribution in [2.24, 2.45) is 0 Å². The zero-order valence-corrected chi connectivity index (χ0v) is 18.6. The lowest BCUT2D eigenvalue weighted by molar-refractivity contribution is -0.124. The average Bonchev–Trinajstić information content (AvgIpc) is 3.25. The number of hydrogen-bond donors (Lipinski definition) is 1. The summed E-state index contributed by atoms with van der Waals surface area (Å²) >= 11 is 1.19. The van der Waals surface area contributed by atoms with Crippen molar-refractivity contribution < 1.29 is 18.8 Å². The number of nitrogens with one attached hydrogen (secondary N) is 1. The van der Waals surface area contributed by atoms with Gasteiger partial charge in [-0.3, -0.25) is 24.2 Å². The third-order valence-electron chi connectivity index (χ3n) is 5.73. The van der Waals surface area contributed by atoms with E-state index in [0.29, 0.717) is 22.6 Å². The number of amides is 3. The van der Waals surface area contributed by atoms with Gasteiger partial charge in [0.25, 0.3) is 5.91 Å². The molecule has 0 aliphatic carbocycles. The van der Waals surface area contributed by atoms with Crippen LogP contribution in [-0.4, -0.2) is 30.0 Å². The van der Waals surface area contributed by atoms with Crippen LogP contribution in [0.1, 0.15) is 11.1 Å². The minimum atomic E-state index is -1.38. The van der Waals surface area contributed by atoms with Crippen molar-refractivity contribution in [3.8, 4) is 0 Å². The quantitative estimate of drug-likeness (QED) is 0.637. The van der Waals surface area contributed by atoms with Crippen LogP contribution >= 0.6 is 11.8 Å². The summed E-state index contributed by atoms with van der Waals surface area (Å²) in [6.07, 6.45) is 0. The summed E-state index contributed by atoms with van der Waals surface area (Å²) in [6.45, 7) is 1.71. The Morgan fingerprint density at radius 2 is 1.85 bits per heavy atom. The van der Waals surface area contributed by atoms with Crippen LogP contribution < -0.4 is 15.1 Å². The molecular formula is C25H20FN3O3S. The molecule has 1 spiro atoms. The average molecular weight is 462 g/mol. The molecule has 33 heavy (non-hydrogen) atoms. The van der Waals surface area contributed by atoms with E-state index in [1.807, 2.05) is 25.1 Å². The first-order valence-electron chi connectivity index (χ1n) is 10.4. The van der Waals surface area contributed by atoms with Crippen molar-refractivity contribution in [1.82, 2.24) is 0 Å². The fourth-order valence-electron chi connectivity index (χ4n) is 4.39. The molecule has 0 aromatic heterocycles. The zero-order valence-electron chi connectivity index (χ0n) is 17.7. The highest BCUT2D eigenvalue weighted by Crippen LogP contribution is 2.55. The topological polar surface area (TPSA) is 69.7 Å². The van der Waals surface area contributed by atoms with Gasteiger partial charge in [-0.15, -0.1) is 11.8 Å². The minimum Gasteiger partial charge on any atom is -0.325 e. The molecule has 3 amide bonds. The second kappa shape index (κ2) is 8.04. The molecule has 2 aliphatic rings. The first kappa shape index (κ1) is 21.2. The Labute approximate surface area is 194 Å². The lowest BCUT2D eigenvalue weighted by Gasteiger charge is -2.33. The molecule has 1 unspecified atom stereocenters. The van der Waals surface area contributed by atoms with Gasteiger partial charge >= 0.3 is 0 Å². The van der Waals surface area contributed by atoms with Gasteiger partial charge in [0.2, 0.25) is 16.7 Å². The third-order valence-corrected chi connectivity index (χ3v) is 7.12. The van der Waals surface area contributed by atoms with Crippen LogP contribution in [0.3, 0.4) is 0 Å². The number of carbonyl (C=O) groups excluding carboxylic acids is 3. The van der Waals surface area contributed by atoms with E-state index in [1.165, 1.54) is 39.8 Å². The van der Waals surface area contributed by atoms with Gasteiger partial charge in [0, 0.05) is 16.9 Å². The van der Waals surface area contributed by atoms with Crippen LogP contribution in [0.5, 0.6) is 0 Å². The molecule has 1 fully saturated rings. The molecule has 0 radical (unpaired) electrons. The van der Waals surface area contributed by atoms with Crippen LogP contribution in [0, 0.1) is 12.7 Å². The van der Waals surface area contributed by atoms with Crippen molar-refractivity contribution in [3.63, 3.8) is 0 Å². The molecule has 166 valence electrons. The molecular weight excluding hydrogens is 441 g/mol. The lowest BCUT2D eigenvalue weighted by atomic mass is 10.0. The lowest BCUT2D eigenvalue weighted by Crippen LogP contribution is -2.50. The van der Waals surface area contributed by atoms with E-state index in [4.69, 9.17) is 0 Å². The summed E-state index contributed by atoms with van der Waals surface area (Å²) in [5.41, 5.74) is 3.12. The molecule has 1 atom stereocenters. The molecule has 8 heteroatoms. The summed E-state index contributed by atoms with van der Waals surface area (Å²) in [7, 11) is 0. The smallest absolute Gasteiger partial charge is 0.269 e. The van der Waals surface area contributed by atoms with Crippen molar-refractivity contribution in [2.45, 2.75) is 11.8 Å². The van der Waals surface area contributed by atoms with Crippen molar-refractivity contribution in [1.29, 1.82) is 0 Å². The maximum atomic E-state index is 14.0. The van der Waals surface area contributed by atoms with Gasteiger partial charge in [-0.2, -0.15) is 0 Å². The second-order valence-corrected chi connectivity index (χ2v) is 9.14. The molecule has 3 aromatic carbocycles. The summed E-state index contributed by atoms with van der Waals surface area (Å²) in [5, 5.41) is 2.83. The summed E-state index contributed by atoms with van der Waals surface area (Å²) in [6, 6.07) is 20.2. The highest BCUT2D eigenvalue weighted by Gasteiger charge is 2.61. The Hall–Kier alpha value is -3.65. The maximum Gasteiger partial charge on any atom is 0.269 e. The van der Waals surface area contributed by atoms with Gasteiger partial charge in [-0.1, -0.05) is 36.4 Å². The van der Waals surface area contributed by atoms with E-state index < -0.39 is 16.6 Å². The maximum absolute atomic E-state index is 14.0. The molecule has 3 aromatic rings. The first-order chi connectivity index (χ1) is 15.9. The predicted octanol–water partition coefficient (Wildman–Crippen LogP) is 4.05. The van der Waals surface area contributed by atoms with Crippen molar-refractivity contribution >= 4 is 46.5 Å².